The van der Waals surface area contributed by atoms with Crippen molar-refractivity contribution in [2.45, 2.75) is 13.3 Å². The predicted molar refractivity (Wildman–Crippen MR) is 73.8 cm³/mol. The SMILES string of the molecule is CCCOc1nc(Cl)nc(-c2ccccc2Br)n1. The quantitative estimate of drug-likeness (QED) is 0.858. The Labute approximate surface area is 119 Å². The molecule has 1 aromatic carbocycles. The summed E-state index contributed by atoms with van der Waals surface area (Å²) in [6.45, 7) is 2.56. The van der Waals surface area contributed by atoms with Crippen LogP contribution in [0.4, 0.5) is 0 Å². The first-order valence-corrected chi connectivity index (χ1v) is 6.67. The molecule has 0 spiro atoms. The Hall–Kier alpha value is -1.20. The Balaban J connectivity index is 2.39. The van der Waals surface area contributed by atoms with Gasteiger partial charge in [0.25, 0.3) is 0 Å². The first kappa shape index (κ1) is 13.2. The molecule has 0 unspecified atom stereocenters. The Morgan fingerprint density at radius 2 is 2.00 bits per heavy atom. The van der Waals surface area contributed by atoms with Gasteiger partial charge in [-0.1, -0.05) is 41.1 Å². The topological polar surface area (TPSA) is 47.9 Å². The lowest BCUT2D eigenvalue weighted by molar-refractivity contribution is 0.291. The second-order valence-corrected chi connectivity index (χ2v) is 4.73. The molecule has 0 atom stereocenters. The summed E-state index contributed by atoms with van der Waals surface area (Å²) in [7, 11) is 0. The highest BCUT2D eigenvalue weighted by molar-refractivity contribution is 9.10. The van der Waals surface area contributed by atoms with Crippen LogP contribution < -0.4 is 4.74 Å². The second-order valence-electron chi connectivity index (χ2n) is 3.54. The number of nitrogens with zero attached hydrogens (tertiary/aromatic N) is 3. The summed E-state index contributed by atoms with van der Waals surface area (Å²) in [5.41, 5.74) is 0.850. The van der Waals surface area contributed by atoms with Crippen molar-refractivity contribution in [3.05, 3.63) is 34.0 Å². The number of halogens is 2. The van der Waals surface area contributed by atoms with Crippen molar-refractivity contribution in [1.29, 1.82) is 0 Å². The summed E-state index contributed by atoms with van der Waals surface area (Å²) < 4.78 is 6.27. The molecular formula is C12H11BrClN3O. The second kappa shape index (κ2) is 6.11. The normalized spacial score (nSPS) is 10.4. The monoisotopic (exact) mass is 327 g/mol. The van der Waals surface area contributed by atoms with Gasteiger partial charge in [-0.2, -0.15) is 15.0 Å². The summed E-state index contributed by atoms with van der Waals surface area (Å²) >= 11 is 9.32. The predicted octanol–water partition coefficient (Wildman–Crippen LogP) is 3.74. The number of hydrogen-bond acceptors (Lipinski definition) is 4. The van der Waals surface area contributed by atoms with Gasteiger partial charge in [-0.05, 0) is 24.1 Å². The van der Waals surface area contributed by atoms with Crippen LogP contribution in [0.2, 0.25) is 5.28 Å². The lowest BCUT2D eigenvalue weighted by atomic mass is 10.2. The van der Waals surface area contributed by atoms with Gasteiger partial charge in [0.1, 0.15) is 0 Å². The van der Waals surface area contributed by atoms with E-state index in [1.807, 2.05) is 31.2 Å². The van der Waals surface area contributed by atoms with Crippen LogP contribution in [0.1, 0.15) is 13.3 Å². The summed E-state index contributed by atoms with van der Waals surface area (Å²) in [5, 5.41) is 0.127. The Kier molecular flexibility index (Phi) is 4.49. The van der Waals surface area contributed by atoms with Gasteiger partial charge in [-0.15, -0.1) is 0 Å². The van der Waals surface area contributed by atoms with Gasteiger partial charge in [0, 0.05) is 10.0 Å². The van der Waals surface area contributed by atoms with Crippen LogP contribution in [0, 0.1) is 0 Å². The van der Waals surface area contributed by atoms with Crippen LogP contribution in [0.15, 0.2) is 28.7 Å². The molecule has 1 heterocycles. The Bertz CT molecular complexity index is 551. The van der Waals surface area contributed by atoms with Gasteiger partial charge in [0.2, 0.25) is 5.28 Å². The van der Waals surface area contributed by atoms with Crippen molar-refractivity contribution in [1.82, 2.24) is 15.0 Å². The molecule has 4 nitrogen and oxygen atoms in total. The molecule has 0 bridgehead atoms. The first-order valence-electron chi connectivity index (χ1n) is 5.50. The van der Waals surface area contributed by atoms with E-state index in [1.165, 1.54) is 0 Å². The molecule has 0 radical (unpaired) electrons. The van der Waals surface area contributed by atoms with Crippen LogP contribution >= 0.6 is 27.5 Å². The van der Waals surface area contributed by atoms with Crippen molar-refractivity contribution in [3.8, 4) is 17.4 Å². The zero-order valence-corrected chi connectivity index (χ0v) is 12.1. The third kappa shape index (κ3) is 3.17. The van der Waals surface area contributed by atoms with Crippen molar-refractivity contribution >= 4 is 27.5 Å². The van der Waals surface area contributed by atoms with Gasteiger partial charge in [0.15, 0.2) is 5.82 Å². The molecule has 2 aromatic rings. The van der Waals surface area contributed by atoms with Crippen molar-refractivity contribution < 1.29 is 4.74 Å². The first-order chi connectivity index (χ1) is 8.70. The van der Waals surface area contributed by atoms with E-state index in [-0.39, 0.29) is 11.3 Å². The highest BCUT2D eigenvalue weighted by Gasteiger charge is 2.10. The molecule has 18 heavy (non-hydrogen) atoms. The van der Waals surface area contributed by atoms with Crippen LogP contribution in [-0.2, 0) is 0 Å². The minimum absolute atomic E-state index is 0.127. The molecule has 0 saturated carbocycles. The van der Waals surface area contributed by atoms with E-state index in [2.05, 4.69) is 30.9 Å². The van der Waals surface area contributed by atoms with E-state index in [4.69, 9.17) is 16.3 Å². The fourth-order valence-electron chi connectivity index (χ4n) is 1.35. The summed E-state index contributed by atoms with van der Waals surface area (Å²) in [5.74, 6) is 0.494. The third-order valence-electron chi connectivity index (χ3n) is 2.14. The van der Waals surface area contributed by atoms with Crippen LogP contribution in [0.25, 0.3) is 11.4 Å². The molecule has 6 heteroatoms. The molecule has 0 N–H and O–H groups in total. The summed E-state index contributed by atoms with van der Waals surface area (Å²) in [6, 6.07) is 7.90. The largest absolute Gasteiger partial charge is 0.463 e. The van der Waals surface area contributed by atoms with Gasteiger partial charge in [0.05, 0.1) is 6.61 Å². The maximum absolute atomic E-state index is 5.87. The molecule has 0 aliphatic heterocycles. The van der Waals surface area contributed by atoms with Crippen molar-refractivity contribution in [2.75, 3.05) is 6.61 Å². The molecule has 0 saturated heterocycles. The molecule has 0 aliphatic rings. The highest BCUT2D eigenvalue weighted by Crippen LogP contribution is 2.26. The van der Waals surface area contributed by atoms with Crippen LogP contribution in [0.5, 0.6) is 6.01 Å². The number of benzene rings is 1. The zero-order valence-electron chi connectivity index (χ0n) is 9.73. The summed E-state index contributed by atoms with van der Waals surface area (Å²) in [4.78, 5) is 12.3. The standard InChI is InChI=1S/C12H11BrClN3O/c1-2-7-18-12-16-10(15-11(14)17-12)8-5-3-4-6-9(8)13/h3-6H,2,7H2,1H3. The van der Waals surface area contributed by atoms with Gasteiger partial charge in [-0.25, -0.2) is 0 Å². The maximum Gasteiger partial charge on any atom is 0.321 e. The third-order valence-corrected chi connectivity index (χ3v) is 3.00. The number of rotatable bonds is 4. The lowest BCUT2D eigenvalue weighted by Crippen LogP contribution is -2.03. The Morgan fingerprint density at radius 1 is 1.22 bits per heavy atom. The van der Waals surface area contributed by atoms with E-state index in [0.717, 1.165) is 16.5 Å². The molecule has 0 amide bonds. The molecule has 94 valence electrons. The van der Waals surface area contributed by atoms with Crippen molar-refractivity contribution in [2.24, 2.45) is 0 Å². The highest BCUT2D eigenvalue weighted by atomic mass is 79.9. The van der Waals surface area contributed by atoms with E-state index < -0.39 is 0 Å². The molecule has 2 rings (SSSR count). The minimum Gasteiger partial charge on any atom is -0.463 e. The zero-order chi connectivity index (χ0) is 13.0. The average molecular weight is 329 g/mol. The van der Waals surface area contributed by atoms with E-state index in [9.17, 15) is 0 Å². The van der Waals surface area contributed by atoms with Crippen molar-refractivity contribution in [3.63, 3.8) is 0 Å². The smallest absolute Gasteiger partial charge is 0.321 e. The van der Waals surface area contributed by atoms with Gasteiger partial charge < -0.3 is 4.74 Å². The lowest BCUT2D eigenvalue weighted by Gasteiger charge is -2.06. The number of ether oxygens (including phenoxy) is 1. The van der Waals surface area contributed by atoms with Gasteiger partial charge >= 0.3 is 6.01 Å². The van der Waals surface area contributed by atoms with E-state index in [0.29, 0.717) is 12.4 Å². The van der Waals surface area contributed by atoms with Gasteiger partial charge in [-0.3, -0.25) is 0 Å². The molecule has 0 aliphatic carbocycles. The fraction of sp³-hybridized carbons (Fsp3) is 0.250. The summed E-state index contributed by atoms with van der Waals surface area (Å²) in [6.07, 6.45) is 0.883. The minimum atomic E-state index is 0.127. The van der Waals surface area contributed by atoms with E-state index >= 15 is 0 Å². The van der Waals surface area contributed by atoms with Crippen LogP contribution in [-0.4, -0.2) is 21.6 Å². The molecular weight excluding hydrogens is 318 g/mol. The maximum atomic E-state index is 5.87. The van der Waals surface area contributed by atoms with Crippen LogP contribution in [0.3, 0.4) is 0 Å². The van der Waals surface area contributed by atoms with E-state index in [1.54, 1.807) is 0 Å². The fourth-order valence-corrected chi connectivity index (χ4v) is 1.97. The number of hydrogen-bond donors (Lipinski definition) is 0. The Morgan fingerprint density at radius 3 is 2.72 bits per heavy atom. The molecule has 0 fully saturated rings. The molecule has 1 aromatic heterocycles. The number of aromatic nitrogens is 3. The average Bonchev–Trinajstić information content (AvgIpc) is 2.36.